The maximum absolute atomic E-state index is 13.3. The van der Waals surface area contributed by atoms with Crippen molar-refractivity contribution in [2.24, 2.45) is 0 Å². The minimum absolute atomic E-state index is 0.0673. The monoisotopic (exact) mass is 493 g/mol. The Balaban J connectivity index is 1.55. The lowest BCUT2D eigenvalue weighted by atomic mass is 10.1. The molecule has 1 aliphatic rings. The number of ether oxygens (including phenoxy) is 1. The third-order valence-electron chi connectivity index (χ3n) is 6.20. The number of carbonyl (C=O) groups is 1. The lowest BCUT2D eigenvalue weighted by Crippen LogP contribution is -2.43. The van der Waals surface area contributed by atoms with Gasteiger partial charge in [-0.3, -0.25) is 14.0 Å². The topological polar surface area (TPSA) is 79.0 Å². The molecule has 3 aromatic rings. The SMILES string of the molecule is Cc1ccc(N(C)S(=O)(=O)c2cccc(C(=O)N[C@H](CN3CCOCC3)c3ccccc3)c2)cc1. The molecule has 35 heavy (non-hydrogen) atoms. The van der Waals surface area contributed by atoms with Crippen molar-refractivity contribution >= 4 is 21.6 Å². The standard InChI is InChI=1S/C27H31N3O4S/c1-21-11-13-24(14-12-21)29(2)35(32,33)25-10-6-9-23(19-25)27(31)28-26(22-7-4-3-5-8-22)20-30-15-17-34-18-16-30/h3-14,19,26H,15-18,20H2,1-2H3,(H,28,31)/t26-/m1/s1. The van der Waals surface area contributed by atoms with E-state index in [1.807, 2.05) is 49.4 Å². The van der Waals surface area contributed by atoms with Crippen molar-refractivity contribution in [2.75, 3.05) is 44.2 Å². The molecule has 1 amide bonds. The van der Waals surface area contributed by atoms with Crippen molar-refractivity contribution in [3.63, 3.8) is 0 Å². The molecule has 0 spiro atoms. The zero-order valence-corrected chi connectivity index (χ0v) is 20.9. The van der Waals surface area contributed by atoms with E-state index in [4.69, 9.17) is 4.74 Å². The molecule has 4 rings (SSSR count). The quantitative estimate of drug-likeness (QED) is 0.519. The smallest absolute Gasteiger partial charge is 0.264 e. The van der Waals surface area contributed by atoms with Gasteiger partial charge in [0, 0.05) is 32.2 Å². The Kier molecular flexibility index (Phi) is 7.85. The van der Waals surface area contributed by atoms with Crippen molar-refractivity contribution in [1.29, 1.82) is 0 Å². The van der Waals surface area contributed by atoms with Gasteiger partial charge in [-0.05, 0) is 42.8 Å². The van der Waals surface area contributed by atoms with Crippen LogP contribution in [-0.2, 0) is 14.8 Å². The molecule has 1 saturated heterocycles. The molecule has 1 atom stereocenters. The molecular formula is C27H31N3O4S. The summed E-state index contributed by atoms with van der Waals surface area (Å²) in [5.74, 6) is -0.317. The molecule has 0 aliphatic carbocycles. The van der Waals surface area contributed by atoms with Gasteiger partial charge >= 0.3 is 0 Å². The third-order valence-corrected chi connectivity index (χ3v) is 7.99. The number of nitrogens with zero attached hydrogens (tertiary/aromatic N) is 2. The summed E-state index contributed by atoms with van der Waals surface area (Å²) < 4.78 is 33.2. The van der Waals surface area contributed by atoms with Crippen LogP contribution in [0.4, 0.5) is 5.69 Å². The minimum atomic E-state index is -3.83. The fraction of sp³-hybridized carbons (Fsp3) is 0.296. The molecule has 1 heterocycles. The lowest BCUT2D eigenvalue weighted by molar-refractivity contribution is 0.0332. The Bertz CT molecular complexity index is 1240. The molecule has 8 heteroatoms. The average molecular weight is 494 g/mol. The van der Waals surface area contributed by atoms with Crippen LogP contribution >= 0.6 is 0 Å². The molecule has 0 radical (unpaired) electrons. The Morgan fingerprint density at radius 1 is 1.00 bits per heavy atom. The number of nitrogens with one attached hydrogen (secondary N) is 1. The van der Waals surface area contributed by atoms with E-state index in [-0.39, 0.29) is 16.8 Å². The number of morpholine rings is 1. The van der Waals surface area contributed by atoms with Gasteiger partial charge in [0.1, 0.15) is 0 Å². The molecule has 0 bridgehead atoms. The van der Waals surface area contributed by atoms with Gasteiger partial charge in [-0.2, -0.15) is 0 Å². The van der Waals surface area contributed by atoms with E-state index in [2.05, 4.69) is 10.2 Å². The van der Waals surface area contributed by atoms with Crippen LogP contribution in [0.3, 0.4) is 0 Å². The Hall–Kier alpha value is -3.20. The Morgan fingerprint density at radius 3 is 2.37 bits per heavy atom. The van der Waals surface area contributed by atoms with E-state index in [9.17, 15) is 13.2 Å². The van der Waals surface area contributed by atoms with E-state index in [0.29, 0.717) is 31.0 Å². The van der Waals surface area contributed by atoms with E-state index in [1.54, 1.807) is 24.3 Å². The van der Waals surface area contributed by atoms with Crippen molar-refractivity contribution in [2.45, 2.75) is 17.9 Å². The van der Waals surface area contributed by atoms with Crippen LogP contribution in [0.2, 0.25) is 0 Å². The fourth-order valence-electron chi connectivity index (χ4n) is 4.05. The number of amides is 1. The van der Waals surface area contributed by atoms with Crippen LogP contribution in [0.25, 0.3) is 0 Å². The summed E-state index contributed by atoms with van der Waals surface area (Å²) in [5, 5.41) is 3.11. The van der Waals surface area contributed by atoms with Gasteiger partial charge in [-0.15, -0.1) is 0 Å². The minimum Gasteiger partial charge on any atom is -0.379 e. The van der Waals surface area contributed by atoms with Crippen LogP contribution in [0, 0.1) is 6.92 Å². The van der Waals surface area contributed by atoms with E-state index in [0.717, 1.165) is 24.2 Å². The summed E-state index contributed by atoms with van der Waals surface area (Å²) >= 11 is 0. The van der Waals surface area contributed by atoms with Crippen molar-refractivity contribution in [3.8, 4) is 0 Å². The second-order valence-corrected chi connectivity index (χ2v) is 10.7. The van der Waals surface area contributed by atoms with Gasteiger partial charge in [0.2, 0.25) is 0 Å². The maximum Gasteiger partial charge on any atom is 0.264 e. The number of rotatable bonds is 8. The lowest BCUT2D eigenvalue weighted by Gasteiger charge is -2.31. The predicted octanol–water partition coefficient (Wildman–Crippen LogP) is 3.62. The first kappa shape index (κ1) is 24.9. The molecule has 0 unspecified atom stereocenters. The summed E-state index contributed by atoms with van der Waals surface area (Å²) in [5.41, 5.74) is 2.89. The summed E-state index contributed by atoms with van der Waals surface area (Å²) in [6.45, 7) is 5.54. The molecule has 0 saturated carbocycles. The highest BCUT2D eigenvalue weighted by atomic mass is 32.2. The number of sulfonamides is 1. The maximum atomic E-state index is 13.3. The Labute approximate surface area is 207 Å². The van der Waals surface area contributed by atoms with Crippen molar-refractivity contribution < 1.29 is 17.9 Å². The van der Waals surface area contributed by atoms with Crippen LogP contribution < -0.4 is 9.62 Å². The first-order valence-corrected chi connectivity index (χ1v) is 13.1. The second-order valence-electron chi connectivity index (χ2n) is 8.69. The van der Waals surface area contributed by atoms with E-state index < -0.39 is 10.0 Å². The van der Waals surface area contributed by atoms with E-state index in [1.165, 1.54) is 23.5 Å². The fourth-order valence-corrected chi connectivity index (χ4v) is 5.29. The van der Waals surface area contributed by atoms with Crippen LogP contribution in [0.5, 0.6) is 0 Å². The molecule has 0 aromatic heterocycles. The molecule has 1 fully saturated rings. The largest absolute Gasteiger partial charge is 0.379 e. The molecule has 1 aliphatic heterocycles. The molecule has 7 nitrogen and oxygen atoms in total. The first-order chi connectivity index (χ1) is 16.8. The predicted molar refractivity (Wildman–Crippen MR) is 137 cm³/mol. The third kappa shape index (κ3) is 6.08. The van der Waals surface area contributed by atoms with Gasteiger partial charge < -0.3 is 10.1 Å². The number of benzene rings is 3. The molecule has 1 N–H and O–H groups in total. The van der Waals surface area contributed by atoms with E-state index >= 15 is 0 Å². The molecule has 3 aromatic carbocycles. The van der Waals surface area contributed by atoms with Gasteiger partial charge in [-0.25, -0.2) is 8.42 Å². The number of hydrogen-bond donors (Lipinski definition) is 1. The van der Waals surface area contributed by atoms with Gasteiger partial charge in [0.05, 0.1) is 29.8 Å². The van der Waals surface area contributed by atoms with Crippen LogP contribution in [-0.4, -0.2) is 59.1 Å². The summed E-state index contributed by atoms with van der Waals surface area (Å²) in [6, 6.07) is 23.0. The highest BCUT2D eigenvalue weighted by molar-refractivity contribution is 7.92. The van der Waals surface area contributed by atoms with Crippen molar-refractivity contribution in [3.05, 3.63) is 95.6 Å². The summed E-state index contributed by atoms with van der Waals surface area (Å²) in [7, 11) is -2.32. The second kappa shape index (κ2) is 11.0. The van der Waals surface area contributed by atoms with Gasteiger partial charge in [0.25, 0.3) is 15.9 Å². The number of aryl methyl sites for hydroxylation is 1. The number of carbonyl (C=O) groups excluding carboxylic acids is 1. The highest BCUT2D eigenvalue weighted by Crippen LogP contribution is 2.23. The normalized spacial score (nSPS) is 15.4. The van der Waals surface area contributed by atoms with Gasteiger partial charge in [-0.1, -0.05) is 54.1 Å². The highest BCUT2D eigenvalue weighted by Gasteiger charge is 2.24. The zero-order chi connectivity index (χ0) is 24.8. The Morgan fingerprint density at radius 2 is 1.69 bits per heavy atom. The number of anilines is 1. The van der Waals surface area contributed by atoms with Crippen LogP contribution in [0.1, 0.15) is 27.5 Å². The van der Waals surface area contributed by atoms with Gasteiger partial charge in [0.15, 0.2) is 0 Å². The molecular weight excluding hydrogens is 462 g/mol. The zero-order valence-electron chi connectivity index (χ0n) is 20.1. The molecule has 184 valence electrons. The average Bonchev–Trinajstić information content (AvgIpc) is 2.89. The first-order valence-electron chi connectivity index (χ1n) is 11.7. The summed E-state index contributed by atoms with van der Waals surface area (Å²) in [4.78, 5) is 15.6. The number of hydrogen-bond acceptors (Lipinski definition) is 5. The van der Waals surface area contributed by atoms with Crippen LogP contribution in [0.15, 0.2) is 83.8 Å². The summed E-state index contributed by atoms with van der Waals surface area (Å²) in [6.07, 6.45) is 0. The van der Waals surface area contributed by atoms with Crippen molar-refractivity contribution in [1.82, 2.24) is 10.2 Å².